The molecule has 0 aromatic heterocycles. The molecule has 10 heavy (non-hydrogen) atoms. The zero-order valence-electron chi connectivity index (χ0n) is 6.07. The van der Waals surface area contributed by atoms with E-state index in [1.54, 1.807) is 6.92 Å². The van der Waals surface area contributed by atoms with Crippen molar-refractivity contribution in [2.75, 3.05) is 6.61 Å². The van der Waals surface area contributed by atoms with Gasteiger partial charge < -0.3 is 14.9 Å². The van der Waals surface area contributed by atoms with E-state index < -0.39 is 18.2 Å². The van der Waals surface area contributed by atoms with Crippen molar-refractivity contribution in [2.45, 2.75) is 26.1 Å². The van der Waals surface area contributed by atoms with Crippen LogP contribution in [0.2, 0.25) is 0 Å². The van der Waals surface area contributed by atoms with Crippen LogP contribution < -0.4 is 0 Å². The van der Waals surface area contributed by atoms with Crippen molar-refractivity contribution in [3.63, 3.8) is 0 Å². The monoisotopic (exact) mass is 148 g/mol. The van der Waals surface area contributed by atoms with E-state index >= 15 is 0 Å². The number of ether oxygens (including phenoxy) is 1. The normalized spacial score (nSPS) is 16.3. The van der Waals surface area contributed by atoms with Gasteiger partial charge in [0.1, 0.15) is 0 Å². The Morgan fingerprint density at radius 1 is 1.70 bits per heavy atom. The van der Waals surface area contributed by atoms with Crippen molar-refractivity contribution in [3.05, 3.63) is 0 Å². The lowest BCUT2D eigenvalue weighted by Crippen LogP contribution is -2.33. The summed E-state index contributed by atoms with van der Waals surface area (Å²) in [4.78, 5) is 10.1. The van der Waals surface area contributed by atoms with Crippen molar-refractivity contribution >= 4 is 5.97 Å². The third kappa shape index (κ3) is 2.80. The molecule has 0 aliphatic heterocycles. The molecule has 0 radical (unpaired) electrons. The van der Waals surface area contributed by atoms with Gasteiger partial charge in [-0.05, 0) is 13.8 Å². The highest BCUT2D eigenvalue weighted by atomic mass is 16.5. The summed E-state index contributed by atoms with van der Waals surface area (Å²) in [5, 5.41) is 17.1. The molecular weight excluding hydrogens is 136 g/mol. The molecule has 60 valence electrons. The maximum Gasteiger partial charge on any atom is 0.335 e. The van der Waals surface area contributed by atoms with Gasteiger partial charge >= 0.3 is 5.97 Å². The second-order valence-electron chi connectivity index (χ2n) is 1.94. The van der Waals surface area contributed by atoms with Gasteiger partial charge in [-0.25, -0.2) is 4.79 Å². The Balaban J connectivity index is 3.69. The van der Waals surface area contributed by atoms with Gasteiger partial charge in [-0.3, -0.25) is 0 Å². The minimum absolute atomic E-state index is 0.408. The summed E-state index contributed by atoms with van der Waals surface area (Å²) in [5.74, 6) is -1.25. The van der Waals surface area contributed by atoms with E-state index in [1.807, 2.05) is 0 Å². The number of carboxylic acids is 1. The van der Waals surface area contributed by atoms with Gasteiger partial charge in [-0.1, -0.05) is 0 Å². The number of aliphatic hydroxyl groups excluding tert-OH is 1. The Morgan fingerprint density at radius 3 is 2.50 bits per heavy atom. The van der Waals surface area contributed by atoms with E-state index in [0.717, 1.165) is 0 Å². The fourth-order valence-corrected chi connectivity index (χ4v) is 0.555. The number of aliphatic carboxylic acids is 1. The molecule has 0 fully saturated rings. The van der Waals surface area contributed by atoms with Crippen LogP contribution in [0.3, 0.4) is 0 Å². The lowest BCUT2D eigenvalue weighted by molar-refractivity contribution is -0.154. The molecule has 1 unspecified atom stereocenters. The lowest BCUT2D eigenvalue weighted by Gasteiger charge is -2.13. The zero-order chi connectivity index (χ0) is 8.15. The summed E-state index contributed by atoms with van der Waals surface area (Å²) in [6.45, 7) is 3.67. The molecule has 0 saturated heterocycles. The van der Waals surface area contributed by atoms with Crippen molar-refractivity contribution in [1.29, 1.82) is 0 Å². The maximum atomic E-state index is 10.1. The van der Waals surface area contributed by atoms with Crippen LogP contribution in [0, 0.1) is 0 Å². The molecule has 0 heterocycles. The molecular formula is C6H12O4. The average molecular weight is 148 g/mol. The first kappa shape index (κ1) is 9.39. The Morgan fingerprint density at radius 2 is 2.20 bits per heavy atom. The van der Waals surface area contributed by atoms with Crippen LogP contribution in [0.15, 0.2) is 0 Å². The lowest BCUT2D eigenvalue weighted by atomic mass is 10.2. The number of hydrogen-bond donors (Lipinski definition) is 2. The number of aliphatic hydroxyl groups is 1. The van der Waals surface area contributed by atoms with Crippen molar-refractivity contribution in [2.24, 2.45) is 0 Å². The van der Waals surface area contributed by atoms with E-state index in [0.29, 0.717) is 6.61 Å². The smallest absolute Gasteiger partial charge is 0.335 e. The first-order chi connectivity index (χ1) is 4.59. The van der Waals surface area contributed by atoms with Crippen LogP contribution in [0.5, 0.6) is 0 Å². The molecule has 4 nitrogen and oxygen atoms in total. The second kappa shape index (κ2) is 4.24. The third-order valence-electron chi connectivity index (χ3n) is 1.13. The quantitative estimate of drug-likeness (QED) is 0.582. The molecule has 0 rings (SSSR count). The number of rotatable bonds is 4. The third-order valence-corrected chi connectivity index (χ3v) is 1.13. The van der Waals surface area contributed by atoms with Gasteiger partial charge in [0, 0.05) is 6.61 Å². The molecule has 0 aromatic rings. The first-order valence-electron chi connectivity index (χ1n) is 3.12. The van der Waals surface area contributed by atoms with Crippen LogP contribution in [-0.2, 0) is 9.53 Å². The minimum atomic E-state index is -1.42. The fourth-order valence-electron chi connectivity index (χ4n) is 0.555. The fraction of sp³-hybridized carbons (Fsp3) is 0.833. The standard InChI is InChI=1S/C6H12O4/c1-3-10-4(2)5(7)6(8)9/h4-5,7H,3H2,1-2H3,(H,8,9)/t4?,5-/m0/s1. The van der Waals surface area contributed by atoms with Crippen LogP contribution in [0.25, 0.3) is 0 Å². The molecule has 2 atom stereocenters. The van der Waals surface area contributed by atoms with Gasteiger partial charge in [0.15, 0.2) is 6.10 Å². The van der Waals surface area contributed by atoms with E-state index in [2.05, 4.69) is 0 Å². The molecule has 0 bridgehead atoms. The Bertz CT molecular complexity index is 112. The Kier molecular flexibility index (Phi) is 3.99. The van der Waals surface area contributed by atoms with Gasteiger partial charge in [-0.2, -0.15) is 0 Å². The van der Waals surface area contributed by atoms with Crippen molar-refractivity contribution in [1.82, 2.24) is 0 Å². The molecule has 0 spiro atoms. The molecule has 2 N–H and O–H groups in total. The molecule has 0 aliphatic rings. The predicted molar refractivity (Wildman–Crippen MR) is 34.7 cm³/mol. The summed E-state index contributed by atoms with van der Waals surface area (Å²) < 4.78 is 4.83. The highest BCUT2D eigenvalue weighted by molar-refractivity contribution is 5.72. The van der Waals surface area contributed by atoms with E-state index in [-0.39, 0.29) is 0 Å². The van der Waals surface area contributed by atoms with Gasteiger partial charge in [0.05, 0.1) is 6.10 Å². The van der Waals surface area contributed by atoms with Crippen LogP contribution >= 0.6 is 0 Å². The predicted octanol–water partition coefficient (Wildman–Crippen LogP) is -0.143. The van der Waals surface area contributed by atoms with Gasteiger partial charge in [0.25, 0.3) is 0 Å². The zero-order valence-corrected chi connectivity index (χ0v) is 6.07. The molecule has 0 saturated carbocycles. The van der Waals surface area contributed by atoms with E-state index in [9.17, 15) is 4.79 Å². The Labute approximate surface area is 59.4 Å². The molecule has 0 aromatic carbocycles. The number of hydrogen-bond acceptors (Lipinski definition) is 3. The SMILES string of the molecule is CCOC(C)[C@H](O)C(=O)O. The van der Waals surface area contributed by atoms with Crippen LogP contribution in [-0.4, -0.2) is 35.0 Å². The maximum absolute atomic E-state index is 10.1. The highest BCUT2D eigenvalue weighted by Gasteiger charge is 2.21. The minimum Gasteiger partial charge on any atom is -0.479 e. The number of carbonyl (C=O) groups is 1. The Hall–Kier alpha value is -0.610. The number of carboxylic acid groups (broad SMARTS) is 1. The highest BCUT2D eigenvalue weighted by Crippen LogP contribution is 1.97. The summed E-state index contributed by atoms with van der Waals surface area (Å²) in [5.41, 5.74) is 0. The largest absolute Gasteiger partial charge is 0.479 e. The van der Waals surface area contributed by atoms with Crippen LogP contribution in [0.1, 0.15) is 13.8 Å². The summed E-state index contributed by atoms with van der Waals surface area (Å²) in [6.07, 6.45) is -2.05. The van der Waals surface area contributed by atoms with E-state index in [1.165, 1.54) is 6.92 Å². The molecule has 0 amide bonds. The van der Waals surface area contributed by atoms with E-state index in [4.69, 9.17) is 14.9 Å². The summed E-state index contributed by atoms with van der Waals surface area (Å²) in [6, 6.07) is 0. The van der Waals surface area contributed by atoms with Crippen LogP contribution in [0.4, 0.5) is 0 Å². The average Bonchev–Trinajstić information content (AvgIpc) is 1.87. The molecule has 0 aliphatic carbocycles. The first-order valence-corrected chi connectivity index (χ1v) is 3.12. The topological polar surface area (TPSA) is 66.8 Å². The van der Waals surface area contributed by atoms with Gasteiger partial charge in [0.2, 0.25) is 0 Å². The van der Waals surface area contributed by atoms with Crippen molar-refractivity contribution in [3.8, 4) is 0 Å². The van der Waals surface area contributed by atoms with Gasteiger partial charge in [-0.15, -0.1) is 0 Å². The molecule has 4 heteroatoms. The van der Waals surface area contributed by atoms with Crippen molar-refractivity contribution < 1.29 is 19.7 Å². The second-order valence-corrected chi connectivity index (χ2v) is 1.94. The summed E-state index contributed by atoms with van der Waals surface area (Å²) in [7, 11) is 0. The summed E-state index contributed by atoms with van der Waals surface area (Å²) >= 11 is 0.